The van der Waals surface area contributed by atoms with E-state index in [2.05, 4.69) is 15.2 Å². The molecule has 1 aliphatic rings. The summed E-state index contributed by atoms with van der Waals surface area (Å²) >= 11 is 0. The average molecular weight is 247 g/mol. The third kappa shape index (κ3) is 2.60. The first-order chi connectivity index (χ1) is 8.51. The third-order valence-corrected chi connectivity index (χ3v) is 3.64. The van der Waals surface area contributed by atoms with Crippen molar-refractivity contribution in [1.29, 1.82) is 0 Å². The molecule has 0 aromatic carbocycles. The number of rotatable bonds is 3. The van der Waals surface area contributed by atoms with E-state index in [1.54, 1.807) is 6.20 Å². The van der Waals surface area contributed by atoms with Gasteiger partial charge in [0.1, 0.15) is 0 Å². The predicted octanol–water partition coefficient (Wildman–Crippen LogP) is 1.26. The molecule has 0 bridgehead atoms. The fourth-order valence-corrected chi connectivity index (χ4v) is 2.32. The van der Waals surface area contributed by atoms with Crippen molar-refractivity contribution < 1.29 is 4.79 Å². The molecule has 0 unspecified atom stereocenters. The van der Waals surface area contributed by atoms with Crippen molar-refractivity contribution in [3.63, 3.8) is 0 Å². The maximum Gasteiger partial charge on any atom is 0.184 e. The van der Waals surface area contributed by atoms with Gasteiger partial charge in [-0.1, -0.05) is 0 Å². The summed E-state index contributed by atoms with van der Waals surface area (Å²) in [5, 5.41) is 3.31. The molecular formula is C14H21N3O. The molecule has 2 rings (SSSR count). The van der Waals surface area contributed by atoms with E-state index in [-0.39, 0.29) is 5.78 Å². The predicted molar refractivity (Wildman–Crippen MR) is 71.8 cm³/mol. The minimum Gasteiger partial charge on any atom is -0.314 e. The van der Waals surface area contributed by atoms with Crippen LogP contribution < -0.4 is 5.32 Å². The van der Waals surface area contributed by atoms with Gasteiger partial charge < -0.3 is 5.32 Å². The molecule has 1 aromatic heterocycles. The Kier molecular flexibility index (Phi) is 3.78. The third-order valence-electron chi connectivity index (χ3n) is 3.64. The van der Waals surface area contributed by atoms with E-state index in [0.29, 0.717) is 5.56 Å². The molecule has 2 heterocycles. The summed E-state index contributed by atoms with van der Waals surface area (Å²) in [5.41, 5.74) is 1.18. The molecule has 0 amide bonds. The van der Waals surface area contributed by atoms with Crippen LogP contribution in [0, 0.1) is 6.92 Å². The number of hydrogen-bond acceptors (Lipinski definition) is 4. The van der Waals surface area contributed by atoms with Crippen LogP contribution >= 0.6 is 0 Å². The first kappa shape index (κ1) is 13.2. The highest BCUT2D eigenvalue weighted by Crippen LogP contribution is 2.20. The standard InChI is InChI=1S/C14H21N3O/c1-11-4-5-12(10-16-11)13(18)14(2,3)17-8-6-15-7-9-17/h4-5,10,15H,6-9H2,1-3H3. The highest BCUT2D eigenvalue weighted by Gasteiger charge is 2.35. The van der Waals surface area contributed by atoms with E-state index in [9.17, 15) is 4.79 Å². The Bertz CT molecular complexity index is 419. The highest BCUT2D eigenvalue weighted by atomic mass is 16.1. The summed E-state index contributed by atoms with van der Waals surface area (Å²) in [7, 11) is 0. The van der Waals surface area contributed by atoms with Crippen molar-refractivity contribution in [3.05, 3.63) is 29.6 Å². The Hall–Kier alpha value is -1.26. The van der Waals surface area contributed by atoms with Crippen LogP contribution in [0.4, 0.5) is 0 Å². The van der Waals surface area contributed by atoms with Gasteiger partial charge in [0.15, 0.2) is 5.78 Å². The zero-order valence-corrected chi connectivity index (χ0v) is 11.4. The lowest BCUT2D eigenvalue weighted by Crippen LogP contribution is -2.57. The SMILES string of the molecule is Cc1ccc(C(=O)C(C)(C)N2CCNCC2)cn1. The summed E-state index contributed by atoms with van der Waals surface area (Å²) in [6, 6.07) is 3.76. The Morgan fingerprint density at radius 3 is 2.56 bits per heavy atom. The molecule has 4 nitrogen and oxygen atoms in total. The average Bonchev–Trinajstić information content (AvgIpc) is 2.40. The van der Waals surface area contributed by atoms with Crippen LogP contribution in [0.2, 0.25) is 0 Å². The molecule has 0 radical (unpaired) electrons. The van der Waals surface area contributed by atoms with Gasteiger partial charge in [0.05, 0.1) is 5.54 Å². The fourth-order valence-electron chi connectivity index (χ4n) is 2.32. The second kappa shape index (κ2) is 5.16. The Balaban J connectivity index is 2.17. The maximum atomic E-state index is 12.6. The van der Waals surface area contributed by atoms with Crippen molar-refractivity contribution in [2.75, 3.05) is 26.2 Å². The van der Waals surface area contributed by atoms with Gasteiger partial charge in [0.2, 0.25) is 0 Å². The topological polar surface area (TPSA) is 45.2 Å². The molecule has 18 heavy (non-hydrogen) atoms. The molecule has 1 fully saturated rings. The molecule has 0 spiro atoms. The number of aryl methyl sites for hydroxylation is 1. The van der Waals surface area contributed by atoms with E-state index in [1.165, 1.54) is 0 Å². The maximum absolute atomic E-state index is 12.6. The lowest BCUT2D eigenvalue weighted by atomic mass is 9.91. The van der Waals surface area contributed by atoms with Gasteiger partial charge >= 0.3 is 0 Å². The minimum absolute atomic E-state index is 0.150. The molecule has 1 saturated heterocycles. The second-order valence-corrected chi connectivity index (χ2v) is 5.31. The van der Waals surface area contributed by atoms with Crippen molar-refractivity contribution in [1.82, 2.24) is 15.2 Å². The number of piperazine rings is 1. The number of carbonyl (C=O) groups is 1. The number of nitrogens with one attached hydrogen (secondary N) is 1. The summed E-state index contributed by atoms with van der Waals surface area (Å²) in [5.74, 6) is 0.150. The number of pyridine rings is 1. The van der Waals surface area contributed by atoms with Crippen LogP contribution in [0.25, 0.3) is 0 Å². The van der Waals surface area contributed by atoms with Crippen molar-refractivity contribution >= 4 is 5.78 Å². The number of Topliss-reactive ketones (excluding diaryl/α,β-unsaturated/α-hetero) is 1. The smallest absolute Gasteiger partial charge is 0.184 e. The van der Waals surface area contributed by atoms with Gasteiger partial charge in [-0.25, -0.2) is 0 Å². The Morgan fingerprint density at radius 2 is 2.00 bits per heavy atom. The van der Waals surface area contributed by atoms with Gasteiger partial charge in [-0.15, -0.1) is 0 Å². The zero-order valence-electron chi connectivity index (χ0n) is 11.4. The van der Waals surface area contributed by atoms with Crippen LogP contribution in [-0.2, 0) is 0 Å². The molecule has 1 aromatic rings. The highest BCUT2D eigenvalue weighted by molar-refractivity contribution is 6.02. The zero-order chi connectivity index (χ0) is 13.2. The van der Waals surface area contributed by atoms with Crippen LogP contribution in [0.3, 0.4) is 0 Å². The first-order valence-corrected chi connectivity index (χ1v) is 6.45. The quantitative estimate of drug-likeness (QED) is 0.817. The van der Waals surface area contributed by atoms with Crippen molar-refractivity contribution in [2.45, 2.75) is 26.3 Å². The summed E-state index contributed by atoms with van der Waals surface area (Å²) < 4.78 is 0. The van der Waals surface area contributed by atoms with Crippen molar-refractivity contribution in [3.8, 4) is 0 Å². The number of aromatic nitrogens is 1. The van der Waals surface area contributed by atoms with E-state index < -0.39 is 5.54 Å². The number of carbonyl (C=O) groups excluding carboxylic acids is 1. The molecular weight excluding hydrogens is 226 g/mol. The van der Waals surface area contributed by atoms with Gasteiger partial charge in [0, 0.05) is 43.6 Å². The molecule has 4 heteroatoms. The molecule has 1 N–H and O–H groups in total. The fraction of sp³-hybridized carbons (Fsp3) is 0.571. The lowest BCUT2D eigenvalue weighted by Gasteiger charge is -2.39. The van der Waals surface area contributed by atoms with Gasteiger partial charge in [-0.2, -0.15) is 0 Å². The molecule has 1 aliphatic heterocycles. The van der Waals surface area contributed by atoms with Gasteiger partial charge in [0.25, 0.3) is 0 Å². The largest absolute Gasteiger partial charge is 0.314 e. The Labute approximate surface area is 108 Å². The number of ketones is 1. The van der Waals surface area contributed by atoms with Gasteiger partial charge in [-0.3, -0.25) is 14.7 Å². The normalized spacial score (nSPS) is 17.7. The molecule has 0 atom stereocenters. The van der Waals surface area contributed by atoms with Crippen molar-refractivity contribution in [2.24, 2.45) is 0 Å². The second-order valence-electron chi connectivity index (χ2n) is 5.31. The molecule has 0 aliphatic carbocycles. The van der Waals surface area contributed by atoms with Crippen LogP contribution in [0.15, 0.2) is 18.3 Å². The summed E-state index contributed by atoms with van der Waals surface area (Å²) in [6.07, 6.45) is 1.68. The van der Waals surface area contributed by atoms with E-state index in [4.69, 9.17) is 0 Å². The first-order valence-electron chi connectivity index (χ1n) is 6.45. The molecule has 98 valence electrons. The lowest BCUT2D eigenvalue weighted by molar-refractivity contribution is 0.0602. The van der Waals surface area contributed by atoms with E-state index in [0.717, 1.165) is 31.9 Å². The monoisotopic (exact) mass is 247 g/mol. The van der Waals surface area contributed by atoms with E-state index in [1.807, 2.05) is 32.9 Å². The minimum atomic E-state index is -0.459. The van der Waals surface area contributed by atoms with Crippen LogP contribution in [0.5, 0.6) is 0 Å². The number of nitrogens with zero attached hydrogens (tertiary/aromatic N) is 2. The molecule has 0 saturated carbocycles. The van der Waals surface area contributed by atoms with Crippen LogP contribution in [0.1, 0.15) is 29.9 Å². The Morgan fingerprint density at radius 1 is 1.33 bits per heavy atom. The summed E-state index contributed by atoms with van der Waals surface area (Å²) in [4.78, 5) is 19.0. The van der Waals surface area contributed by atoms with E-state index >= 15 is 0 Å². The summed E-state index contributed by atoms with van der Waals surface area (Å²) in [6.45, 7) is 9.65. The number of hydrogen-bond donors (Lipinski definition) is 1. The van der Waals surface area contributed by atoms with Crippen LogP contribution in [-0.4, -0.2) is 47.4 Å². The van der Waals surface area contributed by atoms with Gasteiger partial charge in [-0.05, 0) is 32.9 Å².